The highest BCUT2D eigenvalue weighted by Crippen LogP contribution is 2.47. The summed E-state index contributed by atoms with van der Waals surface area (Å²) in [7, 11) is 0. The van der Waals surface area contributed by atoms with Gasteiger partial charge in [0.1, 0.15) is 0 Å². The van der Waals surface area contributed by atoms with E-state index >= 15 is 0 Å². The van der Waals surface area contributed by atoms with Crippen LogP contribution in [0.5, 0.6) is 0 Å². The van der Waals surface area contributed by atoms with E-state index in [-0.39, 0.29) is 23.2 Å². The molecule has 0 atom stereocenters. The van der Waals surface area contributed by atoms with Gasteiger partial charge in [0, 0.05) is 22.3 Å². The monoisotopic (exact) mass is 450 g/mol. The van der Waals surface area contributed by atoms with Gasteiger partial charge in [0.2, 0.25) is 0 Å². The smallest absolute Gasteiger partial charge is 0.280 e. The molecule has 0 bridgehead atoms. The highest BCUT2D eigenvalue weighted by atomic mass is 16.2. The lowest BCUT2D eigenvalue weighted by Crippen LogP contribution is -2.48. The number of nitrogens with zero attached hydrogens (tertiary/aromatic N) is 4. The number of amides is 2. The van der Waals surface area contributed by atoms with Crippen LogP contribution in [0.25, 0.3) is 11.1 Å². The topological polar surface area (TPSA) is 65.3 Å². The SMILES string of the molecule is CC1=CC(C)(C)N2C(=O)C(=NN=C3C(=O)N4c5c(cccc53)C(C)=CC4(C)C)c3cccc1c32. The van der Waals surface area contributed by atoms with E-state index in [4.69, 9.17) is 0 Å². The lowest BCUT2D eigenvalue weighted by atomic mass is 9.89. The Hall–Kier alpha value is -3.80. The Morgan fingerprint density at radius 3 is 1.35 bits per heavy atom. The molecule has 0 radical (unpaired) electrons. The van der Waals surface area contributed by atoms with Gasteiger partial charge in [-0.15, -0.1) is 10.2 Å². The van der Waals surface area contributed by atoms with Crippen molar-refractivity contribution in [2.75, 3.05) is 9.80 Å². The van der Waals surface area contributed by atoms with Crippen LogP contribution in [-0.4, -0.2) is 34.3 Å². The molecule has 4 aliphatic heterocycles. The zero-order chi connectivity index (χ0) is 24.2. The molecule has 0 aromatic heterocycles. The molecule has 0 N–H and O–H groups in total. The van der Waals surface area contributed by atoms with Crippen molar-refractivity contribution in [1.82, 2.24) is 0 Å². The second kappa shape index (κ2) is 6.41. The molecule has 0 unspecified atom stereocenters. The Bertz CT molecular complexity index is 1360. The van der Waals surface area contributed by atoms with Gasteiger partial charge >= 0.3 is 0 Å². The molecule has 0 aliphatic carbocycles. The van der Waals surface area contributed by atoms with Gasteiger partial charge in [-0.2, -0.15) is 0 Å². The van der Waals surface area contributed by atoms with Crippen LogP contribution in [0.15, 0.2) is 58.8 Å². The van der Waals surface area contributed by atoms with Crippen LogP contribution < -0.4 is 9.80 Å². The van der Waals surface area contributed by atoms with Gasteiger partial charge in [0.05, 0.1) is 22.5 Å². The van der Waals surface area contributed by atoms with Crippen LogP contribution in [0.2, 0.25) is 0 Å². The number of benzene rings is 2. The molecular formula is C28H26N4O2. The summed E-state index contributed by atoms with van der Waals surface area (Å²) in [4.78, 5) is 30.7. The summed E-state index contributed by atoms with van der Waals surface area (Å²) in [5, 5.41) is 8.89. The molecule has 0 fully saturated rings. The quantitative estimate of drug-likeness (QED) is 0.576. The molecule has 170 valence electrons. The Morgan fingerprint density at radius 1 is 0.618 bits per heavy atom. The number of carbonyl (C=O) groups excluding carboxylic acids is 2. The van der Waals surface area contributed by atoms with Gasteiger partial charge in [0.15, 0.2) is 11.4 Å². The number of allylic oxidation sites excluding steroid dienone is 2. The third kappa shape index (κ3) is 2.51. The molecule has 6 rings (SSSR count). The van der Waals surface area contributed by atoms with Crippen molar-refractivity contribution in [3.8, 4) is 0 Å². The van der Waals surface area contributed by atoms with E-state index < -0.39 is 11.1 Å². The van der Waals surface area contributed by atoms with E-state index in [1.807, 2.05) is 64.1 Å². The van der Waals surface area contributed by atoms with E-state index in [9.17, 15) is 9.59 Å². The molecular weight excluding hydrogens is 424 g/mol. The lowest BCUT2D eigenvalue weighted by Gasteiger charge is -2.38. The minimum Gasteiger partial charge on any atom is -0.297 e. The summed E-state index contributed by atoms with van der Waals surface area (Å²) >= 11 is 0. The predicted molar refractivity (Wildman–Crippen MR) is 136 cm³/mol. The number of hydrogen-bond donors (Lipinski definition) is 0. The summed E-state index contributed by atoms with van der Waals surface area (Å²) in [5.41, 5.74) is 7.14. The number of anilines is 2. The van der Waals surface area contributed by atoms with Crippen LogP contribution in [0.3, 0.4) is 0 Å². The van der Waals surface area contributed by atoms with Gasteiger partial charge in [-0.05, 0) is 52.7 Å². The van der Waals surface area contributed by atoms with Crippen molar-refractivity contribution in [3.05, 3.63) is 70.8 Å². The van der Waals surface area contributed by atoms with Crippen molar-refractivity contribution in [1.29, 1.82) is 0 Å². The van der Waals surface area contributed by atoms with Crippen LogP contribution in [0, 0.1) is 0 Å². The van der Waals surface area contributed by atoms with Crippen molar-refractivity contribution in [3.63, 3.8) is 0 Å². The Kier molecular flexibility index (Phi) is 3.92. The van der Waals surface area contributed by atoms with Crippen LogP contribution >= 0.6 is 0 Å². The minimum absolute atomic E-state index is 0.195. The predicted octanol–water partition coefficient (Wildman–Crippen LogP) is 4.96. The van der Waals surface area contributed by atoms with Crippen LogP contribution in [0.1, 0.15) is 63.8 Å². The van der Waals surface area contributed by atoms with Gasteiger partial charge < -0.3 is 0 Å². The van der Waals surface area contributed by atoms with E-state index in [1.165, 1.54) is 0 Å². The fraction of sp³-hybridized carbons (Fsp3) is 0.286. The lowest BCUT2D eigenvalue weighted by molar-refractivity contribution is -0.113. The summed E-state index contributed by atoms with van der Waals surface area (Å²) in [6, 6.07) is 11.7. The maximum atomic E-state index is 13.6. The highest BCUT2D eigenvalue weighted by molar-refractivity contribution is 6.57. The molecule has 2 amide bonds. The van der Waals surface area contributed by atoms with Crippen molar-refractivity contribution in [2.45, 2.75) is 52.6 Å². The normalized spacial score (nSPS) is 23.4. The summed E-state index contributed by atoms with van der Waals surface area (Å²) in [5.74, 6) is -0.391. The van der Waals surface area contributed by atoms with Gasteiger partial charge in [0.25, 0.3) is 11.8 Å². The standard InChI is InChI=1S/C28H26N4O2/c1-15-13-27(3,4)31-23-17(15)9-7-11-19(23)21(25(31)33)29-30-22-20-12-8-10-18-16(2)14-28(5,6)32(24(18)20)26(22)34/h7-14H,1-6H3. The first-order chi connectivity index (χ1) is 16.0. The summed E-state index contributed by atoms with van der Waals surface area (Å²) in [6.07, 6.45) is 4.21. The van der Waals surface area contributed by atoms with Crippen LogP contribution in [-0.2, 0) is 9.59 Å². The van der Waals surface area contributed by atoms with E-state index in [2.05, 4.69) is 36.2 Å². The zero-order valence-electron chi connectivity index (χ0n) is 20.2. The molecule has 34 heavy (non-hydrogen) atoms. The molecule has 0 spiro atoms. The fourth-order valence-corrected chi connectivity index (χ4v) is 5.97. The Balaban J connectivity index is 1.52. The number of carbonyl (C=O) groups is 2. The number of para-hydroxylation sites is 2. The number of rotatable bonds is 1. The van der Waals surface area contributed by atoms with Crippen molar-refractivity contribution in [2.24, 2.45) is 10.2 Å². The van der Waals surface area contributed by atoms with Gasteiger partial charge in [-0.25, -0.2) is 0 Å². The molecule has 2 aromatic rings. The first-order valence-corrected chi connectivity index (χ1v) is 11.5. The minimum atomic E-state index is -0.484. The molecule has 4 heterocycles. The Labute approximate surface area is 199 Å². The third-order valence-electron chi connectivity index (χ3n) is 7.23. The molecule has 6 nitrogen and oxygen atoms in total. The third-order valence-corrected chi connectivity index (χ3v) is 7.23. The Morgan fingerprint density at radius 2 is 0.971 bits per heavy atom. The second-order valence-corrected chi connectivity index (χ2v) is 10.5. The number of hydrogen-bond acceptors (Lipinski definition) is 4. The maximum Gasteiger partial charge on any atom is 0.280 e. The summed E-state index contributed by atoms with van der Waals surface area (Å²) < 4.78 is 0. The molecule has 4 aliphatic rings. The second-order valence-electron chi connectivity index (χ2n) is 10.5. The molecule has 6 heteroatoms. The molecule has 0 saturated heterocycles. The average molecular weight is 451 g/mol. The van der Waals surface area contributed by atoms with E-state index in [1.54, 1.807) is 9.80 Å². The maximum absolute atomic E-state index is 13.6. The van der Waals surface area contributed by atoms with Gasteiger partial charge in [-0.3, -0.25) is 19.4 Å². The fourth-order valence-electron chi connectivity index (χ4n) is 5.97. The molecule has 0 saturated carbocycles. The first-order valence-electron chi connectivity index (χ1n) is 11.5. The largest absolute Gasteiger partial charge is 0.297 e. The van der Waals surface area contributed by atoms with Crippen molar-refractivity contribution >= 4 is 45.8 Å². The van der Waals surface area contributed by atoms with E-state index in [0.717, 1.165) is 44.8 Å². The van der Waals surface area contributed by atoms with Gasteiger partial charge in [-0.1, -0.05) is 48.6 Å². The van der Waals surface area contributed by atoms with Crippen molar-refractivity contribution < 1.29 is 9.59 Å². The molecule has 2 aromatic carbocycles. The highest BCUT2D eigenvalue weighted by Gasteiger charge is 2.47. The summed E-state index contributed by atoms with van der Waals surface area (Å²) in [6.45, 7) is 12.2. The zero-order valence-corrected chi connectivity index (χ0v) is 20.2. The van der Waals surface area contributed by atoms with E-state index in [0.29, 0.717) is 0 Å². The average Bonchev–Trinajstić information content (AvgIpc) is 3.21. The van der Waals surface area contributed by atoms with Crippen LogP contribution in [0.4, 0.5) is 11.4 Å². The first kappa shape index (κ1) is 20.8.